The van der Waals surface area contributed by atoms with Gasteiger partial charge in [0.15, 0.2) is 0 Å². The second kappa shape index (κ2) is 15.2. The van der Waals surface area contributed by atoms with Gasteiger partial charge in [0.25, 0.3) is 0 Å². The first kappa shape index (κ1) is 21.3. The Bertz CT molecular complexity index is 263. The maximum atomic E-state index is 7.17. The summed E-state index contributed by atoms with van der Waals surface area (Å²) in [4.78, 5) is 4.64. The van der Waals surface area contributed by atoms with E-state index in [1.165, 1.54) is 70.8 Å². The summed E-state index contributed by atoms with van der Waals surface area (Å²) in [5.41, 5.74) is 0. The second-order valence-electron chi connectivity index (χ2n) is 6.04. The minimum absolute atomic E-state index is 1.08. The van der Waals surface area contributed by atoms with Crippen molar-refractivity contribution in [2.75, 3.05) is 20.3 Å². The molecule has 130 valence electrons. The van der Waals surface area contributed by atoms with Crippen LogP contribution in [0.2, 0.25) is 0 Å². The molecule has 0 spiro atoms. The molecule has 0 saturated carbocycles. The Morgan fingerprint density at radius 3 is 1.68 bits per heavy atom. The van der Waals surface area contributed by atoms with Gasteiger partial charge in [0, 0.05) is 26.0 Å². The molecule has 6 heteroatoms. The van der Waals surface area contributed by atoms with Crippen molar-refractivity contribution in [1.29, 1.82) is 0 Å². The van der Waals surface area contributed by atoms with E-state index in [0.717, 1.165) is 6.67 Å². The fourth-order valence-electron chi connectivity index (χ4n) is 2.54. The summed E-state index contributed by atoms with van der Waals surface area (Å²) < 4.78 is 0. The molecule has 0 atom stereocenters. The Hall–Kier alpha value is -0.715. The molecule has 1 aliphatic heterocycles. The van der Waals surface area contributed by atoms with Crippen LogP contribution in [0.15, 0.2) is 12.4 Å². The van der Waals surface area contributed by atoms with Crippen LogP contribution in [-0.4, -0.2) is 52.5 Å². The SMILES string of the molecule is CCCCCCCCCCCCN1C=CN(C)C1.OB(O)O. The van der Waals surface area contributed by atoms with E-state index >= 15 is 0 Å². The highest BCUT2D eigenvalue weighted by Crippen LogP contribution is 2.11. The molecule has 5 nitrogen and oxygen atoms in total. The van der Waals surface area contributed by atoms with Crippen LogP contribution >= 0.6 is 0 Å². The van der Waals surface area contributed by atoms with Crippen molar-refractivity contribution in [3.05, 3.63) is 12.4 Å². The molecule has 0 aromatic rings. The Morgan fingerprint density at radius 2 is 1.27 bits per heavy atom. The van der Waals surface area contributed by atoms with Gasteiger partial charge in [-0.1, -0.05) is 64.7 Å². The lowest BCUT2D eigenvalue weighted by atomic mass is 10.1. The minimum Gasteiger partial charge on any atom is -0.402 e. The monoisotopic (exact) mass is 314 g/mol. The number of rotatable bonds is 11. The van der Waals surface area contributed by atoms with Crippen molar-refractivity contribution in [2.24, 2.45) is 0 Å². The summed E-state index contributed by atoms with van der Waals surface area (Å²) in [5, 5.41) is 21.5. The number of hydrogen-bond donors (Lipinski definition) is 3. The van der Waals surface area contributed by atoms with Gasteiger partial charge >= 0.3 is 7.32 Å². The van der Waals surface area contributed by atoms with Crippen LogP contribution in [0.4, 0.5) is 0 Å². The van der Waals surface area contributed by atoms with E-state index in [-0.39, 0.29) is 0 Å². The van der Waals surface area contributed by atoms with Crippen LogP contribution in [0, 0.1) is 0 Å². The molecule has 0 radical (unpaired) electrons. The van der Waals surface area contributed by atoms with Gasteiger partial charge in [-0.2, -0.15) is 0 Å². The van der Waals surface area contributed by atoms with Crippen molar-refractivity contribution < 1.29 is 15.1 Å². The van der Waals surface area contributed by atoms with Crippen LogP contribution in [-0.2, 0) is 0 Å². The smallest absolute Gasteiger partial charge is 0.402 e. The van der Waals surface area contributed by atoms with Crippen LogP contribution in [0.1, 0.15) is 71.1 Å². The Balaban J connectivity index is 0.000000980. The standard InChI is InChI=1S/C16H32N2.BH3O3/c1-3-4-5-6-7-8-9-10-11-12-13-18-15-14-17(2)16-18;2-1(3)4/h14-15H,3-13,16H2,1-2H3;2-4H. The van der Waals surface area contributed by atoms with Crippen molar-refractivity contribution in [3.63, 3.8) is 0 Å². The summed E-state index contributed by atoms with van der Waals surface area (Å²) in [6.07, 6.45) is 18.6. The fraction of sp³-hybridized carbons (Fsp3) is 0.875. The molecular weight excluding hydrogens is 279 g/mol. The molecule has 1 rings (SSSR count). The van der Waals surface area contributed by atoms with E-state index in [1.54, 1.807) is 0 Å². The zero-order valence-corrected chi connectivity index (χ0v) is 14.5. The predicted octanol–water partition coefficient (Wildman–Crippen LogP) is 2.53. The first-order valence-electron chi connectivity index (χ1n) is 8.73. The molecule has 1 heterocycles. The lowest BCUT2D eigenvalue weighted by Gasteiger charge is -2.17. The molecule has 0 saturated heterocycles. The van der Waals surface area contributed by atoms with E-state index < -0.39 is 7.32 Å². The highest BCUT2D eigenvalue weighted by molar-refractivity contribution is 6.30. The summed E-state index contributed by atoms with van der Waals surface area (Å²) >= 11 is 0. The first-order chi connectivity index (χ1) is 10.6. The molecule has 0 aliphatic carbocycles. The highest BCUT2D eigenvalue weighted by Gasteiger charge is 2.06. The lowest BCUT2D eigenvalue weighted by Crippen LogP contribution is -2.23. The number of unbranched alkanes of at least 4 members (excludes halogenated alkanes) is 9. The van der Waals surface area contributed by atoms with Crippen molar-refractivity contribution in [2.45, 2.75) is 71.1 Å². The molecule has 22 heavy (non-hydrogen) atoms. The molecule has 0 aromatic carbocycles. The van der Waals surface area contributed by atoms with E-state index in [2.05, 4.69) is 36.2 Å². The maximum absolute atomic E-state index is 7.17. The van der Waals surface area contributed by atoms with Gasteiger partial charge in [-0.3, -0.25) is 0 Å². The average molecular weight is 314 g/mol. The number of hydrogen-bond acceptors (Lipinski definition) is 5. The number of nitrogens with zero attached hydrogens (tertiary/aromatic N) is 2. The Kier molecular flexibility index (Phi) is 14.7. The molecular formula is C16H35BN2O3. The molecule has 0 amide bonds. The van der Waals surface area contributed by atoms with E-state index in [1.807, 2.05) is 0 Å². The molecule has 0 unspecified atom stereocenters. The summed E-state index contributed by atoms with van der Waals surface area (Å²) in [5.74, 6) is 0. The zero-order valence-electron chi connectivity index (χ0n) is 14.5. The average Bonchev–Trinajstić information content (AvgIpc) is 2.86. The summed E-state index contributed by atoms with van der Waals surface area (Å²) in [6.45, 7) is 4.60. The third kappa shape index (κ3) is 15.7. The third-order valence-electron chi connectivity index (χ3n) is 3.74. The van der Waals surface area contributed by atoms with Crippen LogP contribution in [0.3, 0.4) is 0 Å². The molecule has 0 fully saturated rings. The summed E-state index contributed by atoms with van der Waals surface area (Å²) in [7, 11) is -0.0327. The fourth-order valence-corrected chi connectivity index (χ4v) is 2.54. The van der Waals surface area contributed by atoms with Gasteiger partial charge in [-0.25, -0.2) is 0 Å². The molecule has 0 aromatic heterocycles. The minimum atomic E-state index is -2.17. The predicted molar refractivity (Wildman–Crippen MR) is 92.7 cm³/mol. The van der Waals surface area contributed by atoms with Crippen molar-refractivity contribution in [3.8, 4) is 0 Å². The molecule has 3 N–H and O–H groups in total. The molecule has 1 aliphatic rings. The van der Waals surface area contributed by atoms with Crippen molar-refractivity contribution in [1.82, 2.24) is 9.80 Å². The highest BCUT2D eigenvalue weighted by atomic mass is 16.5. The third-order valence-corrected chi connectivity index (χ3v) is 3.74. The van der Waals surface area contributed by atoms with Gasteiger partial charge in [-0.15, -0.1) is 0 Å². The van der Waals surface area contributed by atoms with E-state index in [4.69, 9.17) is 15.1 Å². The maximum Gasteiger partial charge on any atom is 0.631 e. The van der Waals surface area contributed by atoms with Gasteiger partial charge < -0.3 is 24.9 Å². The van der Waals surface area contributed by atoms with E-state index in [0.29, 0.717) is 0 Å². The van der Waals surface area contributed by atoms with Crippen molar-refractivity contribution >= 4 is 7.32 Å². The quantitative estimate of drug-likeness (QED) is 0.404. The van der Waals surface area contributed by atoms with Gasteiger partial charge in [0.2, 0.25) is 0 Å². The first-order valence-corrected chi connectivity index (χ1v) is 8.73. The zero-order chi connectivity index (χ0) is 16.6. The Morgan fingerprint density at radius 1 is 0.818 bits per heavy atom. The van der Waals surface area contributed by atoms with Gasteiger partial charge in [0.1, 0.15) is 0 Å². The largest absolute Gasteiger partial charge is 0.631 e. The van der Waals surface area contributed by atoms with Gasteiger partial charge in [-0.05, 0) is 6.42 Å². The normalized spacial score (nSPS) is 13.3. The van der Waals surface area contributed by atoms with Gasteiger partial charge in [0.05, 0.1) is 6.67 Å². The molecule has 0 bridgehead atoms. The Labute approximate surface area is 136 Å². The van der Waals surface area contributed by atoms with Crippen LogP contribution in [0.5, 0.6) is 0 Å². The van der Waals surface area contributed by atoms with Crippen LogP contribution in [0.25, 0.3) is 0 Å². The second-order valence-corrected chi connectivity index (χ2v) is 6.04. The van der Waals surface area contributed by atoms with Crippen LogP contribution < -0.4 is 0 Å². The summed E-state index contributed by atoms with van der Waals surface area (Å²) in [6, 6.07) is 0. The lowest BCUT2D eigenvalue weighted by molar-refractivity contribution is 0.278. The topological polar surface area (TPSA) is 67.2 Å². The van der Waals surface area contributed by atoms with E-state index in [9.17, 15) is 0 Å².